The first-order valence-corrected chi connectivity index (χ1v) is 6.58. The summed E-state index contributed by atoms with van der Waals surface area (Å²) in [6.07, 6.45) is 6.21. The molecule has 1 N–H and O–H groups in total. The number of aromatic nitrogens is 1. The van der Waals surface area contributed by atoms with Gasteiger partial charge in [-0.1, -0.05) is 19.0 Å². The van der Waals surface area contributed by atoms with E-state index in [-0.39, 0.29) is 0 Å². The maximum Gasteiger partial charge on any atom is 0.128 e. The largest absolute Gasteiger partial charge is 0.364 e. The number of hydrogen-bond acceptors (Lipinski definition) is 4. The highest BCUT2D eigenvalue weighted by Crippen LogP contribution is 2.17. The van der Waals surface area contributed by atoms with Crippen LogP contribution in [0.25, 0.3) is 0 Å². The molecular formula is C13H23N3O. The average molecular weight is 237 g/mol. The number of hydrogen-bond donors (Lipinski definition) is 1. The minimum Gasteiger partial charge on any atom is -0.364 e. The molecule has 0 aliphatic carbocycles. The number of piperidine rings is 1. The molecule has 17 heavy (non-hydrogen) atoms. The fourth-order valence-corrected chi connectivity index (χ4v) is 2.43. The summed E-state index contributed by atoms with van der Waals surface area (Å²) < 4.78 is 4.87. The van der Waals surface area contributed by atoms with Crippen molar-refractivity contribution in [3.8, 4) is 0 Å². The lowest BCUT2D eigenvalue weighted by Crippen LogP contribution is -2.40. The molecule has 0 spiro atoms. The van der Waals surface area contributed by atoms with Crippen LogP contribution in [-0.2, 0) is 6.54 Å². The fourth-order valence-electron chi connectivity index (χ4n) is 2.43. The molecule has 0 radical (unpaired) electrons. The van der Waals surface area contributed by atoms with Gasteiger partial charge in [-0.2, -0.15) is 0 Å². The molecule has 1 saturated heterocycles. The second kappa shape index (κ2) is 6.17. The summed E-state index contributed by atoms with van der Waals surface area (Å²) in [5.74, 6) is 0.783. The van der Waals surface area contributed by atoms with Crippen molar-refractivity contribution < 1.29 is 4.52 Å². The van der Waals surface area contributed by atoms with E-state index in [1.807, 2.05) is 6.20 Å². The van der Waals surface area contributed by atoms with Gasteiger partial charge in [0.15, 0.2) is 0 Å². The van der Waals surface area contributed by atoms with Crippen LogP contribution < -0.4 is 5.32 Å². The molecule has 1 unspecified atom stereocenters. The Morgan fingerprint density at radius 1 is 1.59 bits per heavy atom. The van der Waals surface area contributed by atoms with E-state index in [1.165, 1.54) is 31.5 Å². The first-order valence-electron chi connectivity index (χ1n) is 6.58. The summed E-state index contributed by atoms with van der Waals surface area (Å²) in [7, 11) is 0. The van der Waals surface area contributed by atoms with Crippen LogP contribution in [-0.4, -0.2) is 35.7 Å². The number of nitrogens with one attached hydrogen (secondary N) is 1. The minimum absolute atomic E-state index is 0.587. The van der Waals surface area contributed by atoms with Gasteiger partial charge in [-0.15, -0.1) is 0 Å². The van der Waals surface area contributed by atoms with Crippen molar-refractivity contribution in [2.24, 2.45) is 5.92 Å². The Labute approximate surface area is 103 Å². The molecule has 0 amide bonds. The van der Waals surface area contributed by atoms with Crippen LogP contribution >= 0.6 is 0 Å². The number of likely N-dealkylation sites (tertiary alicyclic amines) is 1. The van der Waals surface area contributed by atoms with Crippen molar-refractivity contribution in [3.05, 3.63) is 18.0 Å². The SMILES string of the molecule is CC(C)NCC1CCCN(Cc2cnoc2)C1. The van der Waals surface area contributed by atoms with Crippen molar-refractivity contribution in [2.45, 2.75) is 39.3 Å². The zero-order valence-corrected chi connectivity index (χ0v) is 10.9. The van der Waals surface area contributed by atoms with Crippen LogP contribution in [0.4, 0.5) is 0 Å². The molecule has 1 aliphatic heterocycles. The van der Waals surface area contributed by atoms with Crippen LogP contribution in [0.3, 0.4) is 0 Å². The van der Waals surface area contributed by atoms with Gasteiger partial charge in [0.1, 0.15) is 6.26 Å². The van der Waals surface area contributed by atoms with Gasteiger partial charge in [0.2, 0.25) is 0 Å². The summed E-state index contributed by atoms with van der Waals surface area (Å²) >= 11 is 0. The quantitative estimate of drug-likeness (QED) is 0.849. The lowest BCUT2D eigenvalue weighted by molar-refractivity contribution is 0.163. The van der Waals surface area contributed by atoms with Crippen LogP contribution in [0, 0.1) is 5.92 Å². The monoisotopic (exact) mass is 237 g/mol. The topological polar surface area (TPSA) is 41.3 Å². The molecule has 4 nitrogen and oxygen atoms in total. The van der Waals surface area contributed by atoms with E-state index in [0.717, 1.165) is 19.0 Å². The third-order valence-electron chi connectivity index (χ3n) is 3.31. The number of rotatable bonds is 5. The zero-order valence-electron chi connectivity index (χ0n) is 10.9. The van der Waals surface area contributed by atoms with E-state index < -0.39 is 0 Å². The average Bonchev–Trinajstić information content (AvgIpc) is 2.80. The van der Waals surface area contributed by atoms with Crippen LogP contribution in [0.15, 0.2) is 17.0 Å². The lowest BCUT2D eigenvalue weighted by Gasteiger charge is -2.32. The highest BCUT2D eigenvalue weighted by atomic mass is 16.5. The fraction of sp³-hybridized carbons (Fsp3) is 0.769. The Kier molecular flexibility index (Phi) is 4.57. The van der Waals surface area contributed by atoms with Gasteiger partial charge in [-0.25, -0.2) is 0 Å². The first kappa shape index (κ1) is 12.6. The van der Waals surface area contributed by atoms with Gasteiger partial charge in [0, 0.05) is 24.7 Å². The van der Waals surface area contributed by atoms with E-state index in [4.69, 9.17) is 4.52 Å². The maximum atomic E-state index is 4.87. The molecule has 1 aromatic rings. The van der Waals surface area contributed by atoms with Gasteiger partial charge in [-0.3, -0.25) is 4.90 Å². The Hall–Kier alpha value is -0.870. The molecule has 2 rings (SSSR count). The molecule has 1 aliphatic rings. The lowest BCUT2D eigenvalue weighted by atomic mass is 9.97. The second-order valence-corrected chi connectivity index (χ2v) is 5.34. The van der Waals surface area contributed by atoms with E-state index in [9.17, 15) is 0 Å². The van der Waals surface area contributed by atoms with Crippen LogP contribution in [0.1, 0.15) is 32.3 Å². The predicted molar refractivity (Wildman–Crippen MR) is 67.6 cm³/mol. The molecule has 1 fully saturated rings. The highest BCUT2D eigenvalue weighted by molar-refractivity contribution is 5.00. The standard InChI is InChI=1S/C13H23N3O/c1-11(2)14-6-12-4-3-5-16(8-12)9-13-7-15-17-10-13/h7,10-12,14H,3-6,8-9H2,1-2H3. The Morgan fingerprint density at radius 2 is 2.47 bits per heavy atom. The predicted octanol–water partition coefficient (Wildman–Crippen LogP) is 1.88. The van der Waals surface area contributed by atoms with Crippen molar-refractivity contribution >= 4 is 0 Å². The third kappa shape index (κ3) is 4.13. The molecule has 1 aromatic heterocycles. The smallest absolute Gasteiger partial charge is 0.128 e. The minimum atomic E-state index is 0.587. The summed E-state index contributed by atoms with van der Waals surface area (Å²) in [6, 6.07) is 0.587. The molecule has 0 bridgehead atoms. The van der Waals surface area contributed by atoms with Gasteiger partial charge in [0.25, 0.3) is 0 Å². The Morgan fingerprint density at radius 3 is 3.18 bits per heavy atom. The normalized spacial score (nSPS) is 22.2. The van der Waals surface area contributed by atoms with Crippen molar-refractivity contribution in [1.29, 1.82) is 0 Å². The summed E-state index contributed by atoms with van der Waals surface area (Å²) in [5.41, 5.74) is 1.18. The van der Waals surface area contributed by atoms with E-state index >= 15 is 0 Å². The van der Waals surface area contributed by atoms with Crippen LogP contribution in [0.2, 0.25) is 0 Å². The van der Waals surface area contributed by atoms with E-state index in [0.29, 0.717) is 6.04 Å². The Bertz CT molecular complexity index is 310. The van der Waals surface area contributed by atoms with Gasteiger partial charge >= 0.3 is 0 Å². The van der Waals surface area contributed by atoms with Crippen LogP contribution in [0.5, 0.6) is 0 Å². The second-order valence-electron chi connectivity index (χ2n) is 5.34. The molecule has 1 atom stereocenters. The van der Waals surface area contributed by atoms with Crippen molar-refractivity contribution in [2.75, 3.05) is 19.6 Å². The molecule has 0 aromatic carbocycles. The van der Waals surface area contributed by atoms with Gasteiger partial charge < -0.3 is 9.84 Å². The summed E-state index contributed by atoms with van der Waals surface area (Å²) in [4.78, 5) is 2.50. The third-order valence-corrected chi connectivity index (χ3v) is 3.31. The molecule has 4 heteroatoms. The molecular weight excluding hydrogens is 214 g/mol. The maximum absolute atomic E-state index is 4.87. The van der Waals surface area contributed by atoms with Gasteiger partial charge in [-0.05, 0) is 31.8 Å². The summed E-state index contributed by atoms with van der Waals surface area (Å²) in [6.45, 7) is 8.91. The van der Waals surface area contributed by atoms with Crippen molar-refractivity contribution in [3.63, 3.8) is 0 Å². The first-order chi connectivity index (χ1) is 8.24. The van der Waals surface area contributed by atoms with Crippen molar-refractivity contribution in [1.82, 2.24) is 15.4 Å². The zero-order chi connectivity index (χ0) is 12.1. The van der Waals surface area contributed by atoms with Gasteiger partial charge in [0.05, 0.1) is 6.20 Å². The molecule has 0 saturated carbocycles. The van der Waals surface area contributed by atoms with E-state index in [2.05, 4.69) is 29.2 Å². The Balaban J connectivity index is 1.76. The molecule has 96 valence electrons. The van der Waals surface area contributed by atoms with E-state index in [1.54, 1.807) is 6.26 Å². The molecule has 2 heterocycles. The number of nitrogens with zero attached hydrogens (tertiary/aromatic N) is 2. The highest BCUT2D eigenvalue weighted by Gasteiger charge is 2.20. The summed E-state index contributed by atoms with van der Waals surface area (Å²) in [5, 5.41) is 7.29.